The van der Waals surface area contributed by atoms with Gasteiger partial charge < -0.3 is 5.32 Å². The van der Waals surface area contributed by atoms with Crippen molar-refractivity contribution in [1.82, 2.24) is 4.31 Å². The Labute approximate surface area is 136 Å². The van der Waals surface area contributed by atoms with E-state index in [1.54, 1.807) is 0 Å². The van der Waals surface area contributed by atoms with Gasteiger partial charge in [0.05, 0.1) is 10.6 Å². The van der Waals surface area contributed by atoms with E-state index in [-0.39, 0.29) is 10.5 Å². The van der Waals surface area contributed by atoms with E-state index in [0.29, 0.717) is 6.07 Å². The van der Waals surface area contributed by atoms with Crippen molar-refractivity contribution in [1.29, 1.82) is 0 Å². The Kier molecular flexibility index (Phi) is 4.95. The fraction of sp³-hybridized carbons (Fsp3) is 0.133. The van der Waals surface area contributed by atoms with Crippen LogP contribution in [-0.2, 0) is 10.0 Å². The lowest BCUT2D eigenvalue weighted by molar-refractivity contribution is 0.102. The highest BCUT2D eigenvalue weighted by atomic mass is 32.2. The highest BCUT2D eigenvalue weighted by Gasteiger charge is 2.19. The number of rotatable bonds is 4. The topological polar surface area (TPSA) is 66.5 Å². The summed E-state index contributed by atoms with van der Waals surface area (Å²) in [6, 6.07) is 6.45. The van der Waals surface area contributed by atoms with Crippen LogP contribution in [0.15, 0.2) is 41.3 Å². The first-order valence-corrected chi connectivity index (χ1v) is 8.06. The Hall–Kier alpha value is -2.39. The molecule has 0 aromatic heterocycles. The van der Waals surface area contributed by atoms with Crippen molar-refractivity contribution in [3.8, 4) is 0 Å². The van der Waals surface area contributed by atoms with Crippen molar-refractivity contribution in [2.45, 2.75) is 4.90 Å². The third-order valence-corrected chi connectivity index (χ3v) is 5.01. The molecule has 0 fully saturated rings. The molecule has 0 radical (unpaired) electrons. The first-order chi connectivity index (χ1) is 11.1. The minimum Gasteiger partial charge on any atom is -0.319 e. The summed E-state index contributed by atoms with van der Waals surface area (Å²) in [6.45, 7) is 0. The minimum absolute atomic E-state index is 0.0249. The fourth-order valence-electron chi connectivity index (χ4n) is 1.81. The third kappa shape index (κ3) is 3.41. The molecule has 2 aromatic rings. The average Bonchev–Trinajstić information content (AvgIpc) is 2.55. The SMILES string of the molecule is CN(C)S(=O)(=O)c1ccc(C(=O)Nc2ccc(F)c(F)c2F)cc1. The minimum atomic E-state index is -3.64. The maximum absolute atomic E-state index is 13.5. The zero-order chi connectivity index (χ0) is 18.1. The molecule has 0 aliphatic heterocycles. The standard InChI is InChI=1S/C15H13F3N2O3S/c1-20(2)24(22,23)10-5-3-9(4-6-10)15(21)19-12-8-7-11(16)13(17)14(12)18/h3-8H,1-2H3,(H,19,21). The predicted octanol–water partition coefficient (Wildman–Crippen LogP) is 2.61. The number of halogens is 3. The Morgan fingerprint density at radius 1 is 0.958 bits per heavy atom. The number of amides is 1. The Morgan fingerprint density at radius 2 is 1.54 bits per heavy atom. The number of hydrogen-bond acceptors (Lipinski definition) is 3. The molecule has 2 aromatic carbocycles. The van der Waals surface area contributed by atoms with Gasteiger partial charge in [-0.15, -0.1) is 0 Å². The van der Waals surface area contributed by atoms with E-state index in [1.165, 1.54) is 38.4 Å². The van der Waals surface area contributed by atoms with Gasteiger partial charge in [-0.3, -0.25) is 4.79 Å². The normalized spacial score (nSPS) is 11.6. The summed E-state index contributed by atoms with van der Waals surface area (Å²) in [5, 5.41) is 2.10. The van der Waals surface area contributed by atoms with E-state index in [4.69, 9.17) is 0 Å². The van der Waals surface area contributed by atoms with Crippen LogP contribution in [0, 0.1) is 17.5 Å². The molecule has 1 N–H and O–H groups in total. The third-order valence-electron chi connectivity index (χ3n) is 3.18. The van der Waals surface area contributed by atoms with Crippen molar-refractivity contribution in [2.24, 2.45) is 0 Å². The summed E-state index contributed by atoms with van der Waals surface area (Å²) >= 11 is 0. The van der Waals surface area contributed by atoms with Crippen molar-refractivity contribution < 1.29 is 26.4 Å². The second-order valence-electron chi connectivity index (χ2n) is 4.99. The zero-order valence-electron chi connectivity index (χ0n) is 12.7. The molecule has 5 nitrogen and oxygen atoms in total. The summed E-state index contributed by atoms with van der Waals surface area (Å²) < 4.78 is 64.4. The Morgan fingerprint density at radius 3 is 2.08 bits per heavy atom. The predicted molar refractivity (Wildman–Crippen MR) is 81.6 cm³/mol. The van der Waals surface area contributed by atoms with Crippen molar-refractivity contribution in [3.05, 3.63) is 59.4 Å². The van der Waals surface area contributed by atoms with Gasteiger partial charge in [-0.25, -0.2) is 25.9 Å². The van der Waals surface area contributed by atoms with Crippen LogP contribution < -0.4 is 5.32 Å². The van der Waals surface area contributed by atoms with Crippen LogP contribution >= 0.6 is 0 Å². The van der Waals surface area contributed by atoms with Gasteiger partial charge in [-0.2, -0.15) is 0 Å². The van der Waals surface area contributed by atoms with Crippen molar-refractivity contribution >= 4 is 21.6 Å². The van der Waals surface area contributed by atoms with E-state index < -0.39 is 39.1 Å². The lowest BCUT2D eigenvalue weighted by Crippen LogP contribution is -2.22. The molecule has 0 atom stereocenters. The van der Waals surface area contributed by atoms with E-state index >= 15 is 0 Å². The van der Waals surface area contributed by atoms with Crippen LogP contribution in [-0.4, -0.2) is 32.7 Å². The largest absolute Gasteiger partial charge is 0.319 e. The summed E-state index contributed by atoms with van der Waals surface area (Å²) in [5.41, 5.74) is -0.499. The Balaban J connectivity index is 2.24. The molecular weight excluding hydrogens is 345 g/mol. The lowest BCUT2D eigenvalue weighted by Gasteiger charge is -2.12. The maximum atomic E-state index is 13.5. The van der Waals surface area contributed by atoms with Crippen LogP contribution in [0.5, 0.6) is 0 Å². The number of nitrogens with zero attached hydrogens (tertiary/aromatic N) is 1. The molecule has 0 spiro atoms. The molecule has 1 amide bonds. The van der Waals surface area contributed by atoms with Crippen molar-refractivity contribution in [3.63, 3.8) is 0 Å². The Bertz CT molecular complexity index is 882. The smallest absolute Gasteiger partial charge is 0.255 e. The summed E-state index contributed by atoms with van der Waals surface area (Å²) in [6.07, 6.45) is 0. The molecule has 24 heavy (non-hydrogen) atoms. The quantitative estimate of drug-likeness (QED) is 0.855. The first kappa shape index (κ1) is 18.0. The van der Waals surface area contributed by atoms with Gasteiger partial charge in [0.1, 0.15) is 0 Å². The molecule has 0 aliphatic carbocycles. The van der Waals surface area contributed by atoms with Gasteiger partial charge in [0.15, 0.2) is 17.5 Å². The molecule has 2 rings (SSSR count). The lowest BCUT2D eigenvalue weighted by atomic mass is 10.2. The molecule has 9 heteroatoms. The summed E-state index contributed by atoms with van der Waals surface area (Å²) in [7, 11) is -0.919. The number of benzene rings is 2. The molecule has 0 heterocycles. The maximum Gasteiger partial charge on any atom is 0.255 e. The van der Waals surface area contributed by atoms with E-state index in [0.717, 1.165) is 10.4 Å². The molecule has 0 saturated carbocycles. The number of sulfonamides is 1. The van der Waals surface area contributed by atoms with Gasteiger partial charge in [0, 0.05) is 19.7 Å². The number of carbonyl (C=O) groups excluding carboxylic acids is 1. The number of nitrogens with one attached hydrogen (secondary N) is 1. The van der Waals surface area contributed by atoms with E-state index in [2.05, 4.69) is 5.32 Å². The summed E-state index contributed by atoms with van der Waals surface area (Å²) in [4.78, 5) is 12.0. The van der Waals surface area contributed by atoms with Gasteiger partial charge in [-0.05, 0) is 36.4 Å². The highest BCUT2D eigenvalue weighted by Crippen LogP contribution is 2.21. The van der Waals surface area contributed by atoms with E-state index in [9.17, 15) is 26.4 Å². The van der Waals surface area contributed by atoms with Crippen LogP contribution in [0.3, 0.4) is 0 Å². The second-order valence-corrected chi connectivity index (χ2v) is 7.14. The highest BCUT2D eigenvalue weighted by molar-refractivity contribution is 7.89. The van der Waals surface area contributed by atoms with Crippen LogP contribution in [0.2, 0.25) is 0 Å². The first-order valence-electron chi connectivity index (χ1n) is 6.62. The van der Waals surface area contributed by atoms with Gasteiger partial charge in [-0.1, -0.05) is 0 Å². The molecule has 128 valence electrons. The van der Waals surface area contributed by atoms with Crippen LogP contribution in [0.1, 0.15) is 10.4 Å². The van der Waals surface area contributed by atoms with Gasteiger partial charge in [0.25, 0.3) is 5.91 Å². The van der Waals surface area contributed by atoms with Crippen molar-refractivity contribution in [2.75, 3.05) is 19.4 Å². The molecule has 0 bridgehead atoms. The van der Waals surface area contributed by atoms with Gasteiger partial charge >= 0.3 is 0 Å². The number of carbonyl (C=O) groups is 1. The molecule has 0 saturated heterocycles. The van der Waals surface area contributed by atoms with Gasteiger partial charge in [0.2, 0.25) is 10.0 Å². The average molecular weight is 358 g/mol. The van der Waals surface area contributed by atoms with Crippen LogP contribution in [0.25, 0.3) is 0 Å². The summed E-state index contributed by atoms with van der Waals surface area (Å²) in [5.74, 6) is -5.38. The number of hydrogen-bond donors (Lipinski definition) is 1. The van der Waals surface area contributed by atoms with Crippen LogP contribution in [0.4, 0.5) is 18.9 Å². The fourth-order valence-corrected chi connectivity index (χ4v) is 2.71. The molecule has 0 unspecified atom stereocenters. The molecule has 0 aliphatic rings. The second kappa shape index (κ2) is 6.62. The zero-order valence-corrected chi connectivity index (χ0v) is 13.5. The van der Waals surface area contributed by atoms with E-state index in [1.807, 2.05) is 0 Å². The number of anilines is 1. The molecular formula is C15H13F3N2O3S. The monoisotopic (exact) mass is 358 g/mol.